The van der Waals surface area contributed by atoms with Crippen molar-refractivity contribution in [2.45, 2.75) is 67.2 Å². The minimum atomic E-state index is -0.680. The quantitative estimate of drug-likeness (QED) is 0.698. The molecule has 0 aromatic carbocycles. The van der Waals surface area contributed by atoms with Crippen LogP contribution < -0.4 is 0 Å². The van der Waals surface area contributed by atoms with Crippen LogP contribution in [0.5, 0.6) is 0 Å². The minimum Gasteiger partial charge on any atom is -0.481 e. The highest BCUT2D eigenvalue weighted by Gasteiger charge is 2.13. The molecule has 0 saturated heterocycles. The number of carboxylic acid groups (broad SMARTS) is 2. The van der Waals surface area contributed by atoms with Crippen molar-refractivity contribution < 1.29 is 19.8 Å². The van der Waals surface area contributed by atoms with Gasteiger partial charge in [-0.2, -0.15) is 0 Å². The largest absolute Gasteiger partial charge is 0.481 e. The molecule has 0 aromatic rings. The predicted molar refractivity (Wildman–Crippen MR) is 81.7 cm³/mol. The van der Waals surface area contributed by atoms with Gasteiger partial charge >= 0.3 is 11.9 Å². The summed E-state index contributed by atoms with van der Waals surface area (Å²) in [5.41, 5.74) is 0. The molecule has 0 aliphatic carbocycles. The summed E-state index contributed by atoms with van der Waals surface area (Å²) in [4.78, 5) is 20.7. The molecule has 2 N–H and O–H groups in total. The smallest absolute Gasteiger partial charge is 0.306 e. The lowest BCUT2D eigenvalue weighted by atomic mass is 9.96. The topological polar surface area (TPSA) is 74.6 Å². The number of carbonyl (C=O) groups is 2. The monoisotopic (exact) mass is 288 g/mol. The molecule has 0 amide bonds. The van der Waals surface area contributed by atoms with Crippen LogP contribution in [-0.4, -0.2) is 22.2 Å². The normalized spacial score (nSPS) is 14.9. The van der Waals surface area contributed by atoms with Crippen molar-refractivity contribution in [1.29, 1.82) is 0 Å². The number of hydrogen-bond donors (Lipinski definition) is 2. The van der Waals surface area contributed by atoms with Crippen molar-refractivity contribution in [1.82, 2.24) is 0 Å². The van der Waals surface area contributed by atoms with Crippen molar-refractivity contribution >= 4 is 11.9 Å². The molecule has 0 aliphatic rings. The molecule has 120 valence electrons. The van der Waals surface area contributed by atoms with Crippen LogP contribution in [-0.2, 0) is 9.59 Å². The molecule has 0 radical (unpaired) electrons. The molecule has 0 aromatic heterocycles. The average Bonchev–Trinajstić information content (AvgIpc) is 2.35. The van der Waals surface area contributed by atoms with Gasteiger partial charge in [-0.05, 0) is 24.7 Å². The zero-order valence-electron chi connectivity index (χ0n) is 13.8. The zero-order valence-corrected chi connectivity index (χ0v) is 13.8. The summed E-state index contributed by atoms with van der Waals surface area (Å²) in [5, 5.41) is 17.0. The summed E-state index contributed by atoms with van der Waals surface area (Å²) in [6, 6.07) is 0. The van der Waals surface area contributed by atoms with Gasteiger partial charge in [0, 0.05) is 0 Å². The van der Waals surface area contributed by atoms with E-state index in [1.165, 1.54) is 0 Å². The minimum absolute atomic E-state index is 0.178. The molecular weight excluding hydrogens is 256 g/mol. The van der Waals surface area contributed by atoms with Gasteiger partial charge in [0.1, 0.15) is 0 Å². The fourth-order valence-corrected chi connectivity index (χ4v) is 1.58. The first-order valence-electron chi connectivity index (χ1n) is 7.57. The second-order valence-corrected chi connectivity index (χ2v) is 6.20. The lowest BCUT2D eigenvalue weighted by Gasteiger charge is -2.10. The van der Waals surface area contributed by atoms with Crippen molar-refractivity contribution in [2.24, 2.45) is 23.7 Å². The van der Waals surface area contributed by atoms with E-state index in [-0.39, 0.29) is 11.8 Å². The number of rotatable bonds is 8. The number of hydrogen-bond acceptors (Lipinski definition) is 2. The van der Waals surface area contributed by atoms with E-state index in [0.29, 0.717) is 11.8 Å². The van der Waals surface area contributed by atoms with Crippen LogP contribution in [0, 0.1) is 23.7 Å². The van der Waals surface area contributed by atoms with Crippen molar-refractivity contribution in [3.05, 3.63) is 0 Å². The lowest BCUT2D eigenvalue weighted by Crippen LogP contribution is -2.12. The van der Waals surface area contributed by atoms with Crippen LogP contribution in [0.25, 0.3) is 0 Å². The van der Waals surface area contributed by atoms with Gasteiger partial charge in [0.2, 0.25) is 0 Å². The molecule has 0 rings (SSSR count). The van der Waals surface area contributed by atoms with Gasteiger partial charge in [0.25, 0.3) is 0 Å². The van der Waals surface area contributed by atoms with Crippen LogP contribution in [0.4, 0.5) is 0 Å². The molecule has 3 atom stereocenters. The highest BCUT2D eigenvalue weighted by molar-refractivity contribution is 5.69. The summed E-state index contributed by atoms with van der Waals surface area (Å²) in [5.74, 6) is -0.578. The molecule has 3 unspecified atom stereocenters. The van der Waals surface area contributed by atoms with E-state index in [1.54, 1.807) is 13.8 Å². The predicted octanol–water partition coefficient (Wildman–Crippen LogP) is 4.29. The van der Waals surface area contributed by atoms with E-state index in [9.17, 15) is 9.59 Å². The molecule has 0 spiro atoms. The van der Waals surface area contributed by atoms with Crippen LogP contribution in [0.1, 0.15) is 67.2 Å². The fraction of sp³-hybridized carbons (Fsp3) is 0.875. The summed E-state index contributed by atoms with van der Waals surface area (Å²) in [6.07, 6.45) is 3.67. The summed E-state index contributed by atoms with van der Waals surface area (Å²) >= 11 is 0. The number of aliphatic carboxylic acids is 2. The Bertz CT molecular complexity index is 274. The molecule has 20 heavy (non-hydrogen) atoms. The molecule has 4 nitrogen and oxygen atoms in total. The standard InChI is InChI=1S/2C8H16O2/c1-6(2)4-5-7(3)8(9)10;1-4-6(2)5-7(3)8(9)10/h2*6-7H,4-5H2,1-3H3,(H,9,10). The van der Waals surface area contributed by atoms with Gasteiger partial charge in [-0.1, -0.05) is 54.4 Å². The van der Waals surface area contributed by atoms with Crippen LogP contribution in [0.2, 0.25) is 0 Å². The maximum atomic E-state index is 10.4. The van der Waals surface area contributed by atoms with E-state index in [2.05, 4.69) is 27.7 Å². The van der Waals surface area contributed by atoms with E-state index >= 15 is 0 Å². The third-order valence-electron chi connectivity index (χ3n) is 3.47. The molecule has 0 heterocycles. The van der Waals surface area contributed by atoms with Gasteiger partial charge in [-0.15, -0.1) is 0 Å². The Morgan fingerprint density at radius 3 is 1.60 bits per heavy atom. The third kappa shape index (κ3) is 13.4. The lowest BCUT2D eigenvalue weighted by molar-refractivity contribution is -0.142. The maximum Gasteiger partial charge on any atom is 0.306 e. The number of carboxylic acids is 2. The first-order valence-corrected chi connectivity index (χ1v) is 7.57. The van der Waals surface area contributed by atoms with Crippen molar-refractivity contribution in [3.63, 3.8) is 0 Å². The Hall–Kier alpha value is -1.06. The second kappa shape index (κ2) is 11.7. The molecule has 4 heteroatoms. The third-order valence-corrected chi connectivity index (χ3v) is 3.47. The maximum absolute atomic E-state index is 10.4. The van der Waals surface area contributed by atoms with Crippen molar-refractivity contribution in [3.8, 4) is 0 Å². The molecule has 0 saturated carbocycles. The van der Waals surface area contributed by atoms with Crippen LogP contribution in [0.15, 0.2) is 0 Å². The SMILES string of the molecule is CC(C)CCC(C)C(=O)O.CCC(C)CC(C)C(=O)O. The Balaban J connectivity index is 0. The molecular formula is C16H32O4. The Morgan fingerprint density at radius 1 is 0.850 bits per heavy atom. The van der Waals surface area contributed by atoms with E-state index in [4.69, 9.17) is 10.2 Å². The van der Waals surface area contributed by atoms with Crippen LogP contribution >= 0.6 is 0 Å². The van der Waals surface area contributed by atoms with E-state index in [0.717, 1.165) is 25.7 Å². The molecule has 0 fully saturated rings. The van der Waals surface area contributed by atoms with E-state index in [1.807, 2.05) is 0 Å². The van der Waals surface area contributed by atoms with Gasteiger partial charge < -0.3 is 10.2 Å². The van der Waals surface area contributed by atoms with Gasteiger partial charge in [-0.3, -0.25) is 9.59 Å². The molecule has 0 bridgehead atoms. The van der Waals surface area contributed by atoms with Gasteiger partial charge in [-0.25, -0.2) is 0 Å². The molecule has 0 aliphatic heterocycles. The highest BCUT2D eigenvalue weighted by atomic mass is 16.4. The van der Waals surface area contributed by atoms with Crippen molar-refractivity contribution in [2.75, 3.05) is 0 Å². The first kappa shape index (κ1) is 21.2. The fourth-order valence-electron chi connectivity index (χ4n) is 1.58. The Kier molecular flexibility index (Phi) is 12.5. The first-order chi connectivity index (χ1) is 9.11. The zero-order chi connectivity index (χ0) is 16.3. The second-order valence-electron chi connectivity index (χ2n) is 6.20. The summed E-state index contributed by atoms with van der Waals surface area (Å²) in [6.45, 7) is 11.9. The van der Waals surface area contributed by atoms with Gasteiger partial charge in [0.05, 0.1) is 11.8 Å². The van der Waals surface area contributed by atoms with E-state index < -0.39 is 11.9 Å². The summed E-state index contributed by atoms with van der Waals surface area (Å²) in [7, 11) is 0. The highest BCUT2D eigenvalue weighted by Crippen LogP contribution is 2.14. The Labute approximate surface area is 123 Å². The Morgan fingerprint density at radius 2 is 1.30 bits per heavy atom. The summed E-state index contributed by atoms with van der Waals surface area (Å²) < 4.78 is 0. The average molecular weight is 288 g/mol. The van der Waals surface area contributed by atoms with Crippen LogP contribution in [0.3, 0.4) is 0 Å². The van der Waals surface area contributed by atoms with Gasteiger partial charge in [0.15, 0.2) is 0 Å².